The lowest BCUT2D eigenvalue weighted by Crippen LogP contribution is -1.89. The highest BCUT2D eigenvalue weighted by molar-refractivity contribution is 9.11. The monoisotopic (exact) mass is 854 g/mol. The predicted molar refractivity (Wildman–Crippen MR) is 203 cm³/mol. The third-order valence-corrected chi connectivity index (χ3v) is 9.43. The van der Waals surface area contributed by atoms with Crippen molar-refractivity contribution in [2.24, 2.45) is 0 Å². The summed E-state index contributed by atoms with van der Waals surface area (Å²) in [5.41, 5.74) is 6.18. The van der Waals surface area contributed by atoms with Crippen LogP contribution in [-0.2, 0) is 0 Å². The number of hydrogen-bond acceptors (Lipinski definition) is 3. The van der Waals surface area contributed by atoms with Gasteiger partial charge in [-0.2, -0.15) is 0 Å². The first-order valence-corrected chi connectivity index (χ1v) is 17.8. The van der Waals surface area contributed by atoms with Gasteiger partial charge in [-0.3, -0.25) is 0 Å². The molecule has 0 fully saturated rings. The zero-order valence-corrected chi connectivity index (χ0v) is 33.4. The van der Waals surface area contributed by atoms with Gasteiger partial charge in [-0.1, -0.05) is 117 Å². The highest BCUT2D eigenvalue weighted by atomic mass is 79.9. The van der Waals surface area contributed by atoms with Crippen molar-refractivity contribution in [1.29, 1.82) is 0 Å². The molecule has 0 aliphatic carbocycles. The van der Waals surface area contributed by atoms with Crippen molar-refractivity contribution in [3.8, 4) is 17.2 Å². The van der Waals surface area contributed by atoms with E-state index in [2.05, 4.69) is 144 Å². The predicted octanol–water partition coefficient (Wildman–Crippen LogP) is 13.7. The number of rotatable bonds is 4. The maximum atomic E-state index is 9.30. The van der Waals surface area contributed by atoms with Gasteiger partial charge in [0.25, 0.3) is 0 Å². The molecule has 240 valence electrons. The minimum absolute atomic E-state index is 0.316. The average molecular weight is 858 g/mol. The third kappa shape index (κ3) is 14.1. The molecule has 0 aliphatic heterocycles. The zero-order valence-electron chi connectivity index (χ0n) is 27.1. The van der Waals surface area contributed by atoms with E-state index >= 15 is 0 Å². The highest BCUT2D eigenvalue weighted by Crippen LogP contribution is 2.29. The van der Waals surface area contributed by atoms with Crippen LogP contribution in [0.5, 0.6) is 17.2 Å². The molecule has 0 atom stereocenters. The topological polar surface area (TPSA) is 60.7 Å². The van der Waals surface area contributed by atoms with E-state index in [0.29, 0.717) is 40.9 Å². The van der Waals surface area contributed by atoms with Gasteiger partial charge in [0, 0.05) is 8.95 Å². The standard InChI is InChI=1S/C10H13Br.3C9H11BrO/c1-7(2)9-6-8(3)4-5-10(9)11;1-6(2)8-5-7(11)3-4-9(8)10;2*1-6(2)7-3-4-8(10)9(11)5-7/h4-7H,1-3H3;3*3-6,11H,1-2H3. The van der Waals surface area contributed by atoms with Gasteiger partial charge in [-0.15, -0.1) is 0 Å². The molecule has 0 heterocycles. The number of phenolic OH excluding ortho intramolecular Hbond substituents is 3. The molecule has 0 aliphatic rings. The molecule has 3 N–H and O–H groups in total. The van der Waals surface area contributed by atoms with Crippen LogP contribution in [0, 0.1) is 6.92 Å². The molecule has 0 aromatic heterocycles. The van der Waals surface area contributed by atoms with Crippen LogP contribution < -0.4 is 0 Å². The summed E-state index contributed by atoms with van der Waals surface area (Å²) in [5.74, 6) is 2.94. The minimum atomic E-state index is 0.316. The Morgan fingerprint density at radius 1 is 0.432 bits per heavy atom. The van der Waals surface area contributed by atoms with Gasteiger partial charge in [0.2, 0.25) is 0 Å². The van der Waals surface area contributed by atoms with E-state index in [4.69, 9.17) is 5.11 Å². The average Bonchev–Trinajstić information content (AvgIpc) is 2.95. The number of hydrogen-bond donors (Lipinski definition) is 3. The fraction of sp³-hybridized carbons (Fsp3) is 0.351. The summed E-state index contributed by atoms with van der Waals surface area (Å²) in [4.78, 5) is 0. The van der Waals surface area contributed by atoms with E-state index in [9.17, 15) is 10.2 Å². The van der Waals surface area contributed by atoms with Crippen molar-refractivity contribution in [3.63, 3.8) is 0 Å². The van der Waals surface area contributed by atoms with Crippen molar-refractivity contribution in [1.82, 2.24) is 0 Å². The second-order valence-corrected chi connectivity index (χ2v) is 15.2. The molecular weight excluding hydrogens is 812 g/mol. The van der Waals surface area contributed by atoms with Gasteiger partial charge in [0.1, 0.15) is 17.2 Å². The van der Waals surface area contributed by atoms with E-state index in [0.717, 1.165) is 30.1 Å². The molecule has 44 heavy (non-hydrogen) atoms. The molecule has 0 radical (unpaired) electrons. The zero-order chi connectivity index (χ0) is 33.7. The molecular formula is C37H46Br4O3. The molecule has 0 unspecified atom stereocenters. The lowest BCUT2D eigenvalue weighted by molar-refractivity contribution is 0.470. The lowest BCUT2D eigenvalue weighted by atomic mass is 10.0. The van der Waals surface area contributed by atoms with Crippen LogP contribution in [0.25, 0.3) is 0 Å². The Morgan fingerprint density at radius 2 is 0.795 bits per heavy atom. The largest absolute Gasteiger partial charge is 0.508 e. The number of halogens is 4. The molecule has 4 aromatic carbocycles. The molecule has 0 saturated carbocycles. The fourth-order valence-corrected chi connectivity index (χ4v) is 5.76. The van der Waals surface area contributed by atoms with E-state index < -0.39 is 0 Å². The van der Waals surface area contributed by atoms with Crippen molar-refractivity contribution in [2.75, 3.05) is 0 Å². The van der Waals surface area contributed by atoms with E-state index in [1.807, 2.05) is 30.3 Å². The Bertz CT molecular complexity index is 1350. The van der Waals surface area contributed by atoms with Crippen molar-refractivity contribution in [2.45, 2.75) is 86.0 Å². The third-order valence-electron chi connectivity index (χ3n) is 6.65. The van der Waals surface area contributed by atoms with E-state index in [1.54, 1.807) is 24.3 Å². The molecule has 0 saturated heterocycles. The molecule has 0 bridgehead atoms. The summed E-state index contributed by atoms with van der Waals surface area (Å²) >= 11 is 13.4. The van der Waals surface area contributed by atoms with Crippen LogP contribution in [0.15, 0.2) is 90.7 Å². The first kappa shape index (κ1) is 40.2. The van der Waals surface area contributed by atoms with Gasteiger partial charge >= 0.3 is 0 Å². The van der Waals surface area contributed by atoms with E-state index in [-0.39, 0.29) is 0 Å². The Kier molecular flexibility index (Phi) is 18.0. The number of aryl methyl sites for hydroxylation is 1. The molecule has 4 aromatic rings. The number of phenols is 3. The Morgan fingerprint density at radius 3 is 1.11 bits per heavy atom. The molecule has 7 heteroatoms. The SMILES string of the molecule is CC(C)c1cc(O)ccc1Br.CC(C)c1ccc(Br)c(O)c1.CC(C)c1ccc(Br)c(O)c1.Cc1ccc(Br)c(C(C)C)c1. The maximum absolute atomic E-state index is 9.30. The summed E-state index contributed by atoms with van der Waals surface area (Å²) in [7, 11) is 0. The van der Waals surface area contributed by atoms with E-state index in [1.165, 1.54) is 15.6 Å². The highest BCUT2D eigenvalue weighted by Gasteiger charge is 2.05. The van der Waals surface area contributed by atoms with Gasteiger partial charge < -0.3 is 15.3 Å². The second kappa shape index (κ2) is 19.7. The first-order valence-electron chi connectivity index (χ1n) is 14.7. The second-order valence-electron chi connectivity index (χ2n) is 11.8. The number of benzene rings is 4. The van der Waals surface area contributed by atoms with Crippen molar-refractivity contribution in [3.05, 3.63) is 119 Å². The van der Waals surface area contributed by atoms with Crippen LogP contribution >= 0.6 is 63.7 Å². The summed E-state index contributed by atoms with van der Waals surface area (Å²) in [5, 5.41) is 27.8. The fourth-order valence-electron chi connectivity index (χ4n) is 3.86. The molecule has 3 nitrogen and oxygen atoms in total. The van der Waals surface area contributed by atoms with Gasteiger partial charge in [-0.05, 0) is 133 Å². The summed E-state index contributed by atoms with van der Waals surface area (Å²) < 4.78 is 3.78. The van der Waals surface area contributed by atoms with Crippen molar-refractivity contribution < 1.29 is 15.3 Å². The van der Waals surface area contributed by atoms with Gasteiger partial charge in [0.15, 0.2) is 0 Å². The Hall–Kier alpha value is -1.80. The van der Waals surface area contributed by atoms with Gasteiger partial charge in [-0.25, -0.2) is 0 Å². The molecule has 0 spiro atoms. The summed E-state index contributed by atoms with van der Waals surface area (Å²) in [6.45, 7) is 19.1. The minimum Gasteiger partial charge on any atom is -0.508 e. The Labute approximate surface area is 298 Å². The van der Waals surface area contributed by atoms with Crippen molar-refractivity contribution >= 4 is 63.7 Å². The van der Waals surface area contributed by atoms with Crippen LogP contribution in [0.1, 0.15) is 107 Å². The molecule has 0 amide bonds. The summed E-state index contributed by atoms with van der Waals surface area (Å²) in [6, 6.07) is 23.1. The first-order chi connectivity index (χ1) is 20.4. The van der Waals surface area contributed by atoms with Crippen LogP contribution in [-0.4, -0.2) is 15.3 Å². The summed E-state index contributed by atoms with van der Waals surface area (Å²) in [6.07, 6.45) is 0. The normalized spacial score (nSPS) is 10.6. The smallest absolute Gasteiger partial charge is 0.130 e. The molecule has 4 rings (SSSR count). The Balaban J connectivity index is 0.000000293. The number of aromatic hydroxyl groups is 3. The van der Waals surface area contributed by atoms with Crippen LogP contribution in [0.3, 0.4) is 0 Å². The van der Waals surface area contributed by atoms with Gasteiger partial charge in [0.05, 0.1) is 8.95 Å². The maximum Gasteiger partial charge on any atom is 0.130 e. The quantitative estimate of drug-likeness (QED) is 0.192. The van der Waals surface area contributed by atoms with Crippen LogP contribution in [0.4, 0.5) is 0 Å². The lowest BCUT2D eigenvalue weighted by Gasteiger charge is -2.08. The van der Waals surface area contributed by atoms with Crippen LogP contribution in [0.2, 0.25) is 0 Å².